The van der Waals surface area contributed by atoms with E-state index in [9.17, 15) is 9.18 Å². The van der Waals surface area contributed by atoms with Crippen LogP contribution in [0.5, 0.6) is 0 Å². The minimum absolute atomic E-state index is 0.175. The van der Waals surface area contributed by atoms with E-state index in [2.05, 4.69) is 22.5 Å². The van der Waals surface area contributed by atoms with Crippen molar-refractivity contribution in [3.05, 3.63) is 23.6 Å². The molecular formula is C15H22FN3O. The molecule has 0 aromatic carbocycles. The van der Waals surface area contributed by atoms with Crippen LogP contribution < -0.4 is 10.6 Å². The molecular weight excluding hydrogens is 257 g/mol. The summed E-state index contributed by atoms with van der Waals surface area (Å²) in [5, 5.41) is 6.02. The zero-order valence-electron chi connectivity index (χ0n) is 12.1. The van der Waals surface area contributed by atoms with Gasteiger partial charge in [0.05, 0.1) is 11.8 Å². The molecule has 2 unspecified atom stereocenters. The van der Waals surface area contributed by atoms with Gasteiger partial charge in [-0.3, -0.25) is 4.79 Å². The zero-order valence-corrected chi connectivity index (χ0v) is 12.1. The minimum atomic E-state index is -0.492. The maximum Gasteiger partial charge on any atom is 0.255 e. The van der Waals surface area contributed by atoms with E-state index < -0.39 is 5.82 Å². The fourth-order valence-electron chi connectivity index (χ4n) is 2.70. The van der Waals surface area contributed by atoms with Crippen LogP contribution in [0.4, 0.5) is 10.2 Å². The van der Waals surface area contributed by atoms with Gasteiger partial charge in [0, 0.05) is 12.6 Å². The van der Waals surface area contributed by atoms with Crippen LogP contribution in [0.1, 0.15) is 49.9 Å². The van der Waals surface area contributed by atoms with Crippen molar-refractivity contribution >= 4 is 11.7 Å². The minimum Gasteiger partial charge on any atom is -0.370 e. The fraction of sp³-hybridized carbons (Fsp3) is 0.600. The first kappa shape index (κ1) is 14.8. The number of hydrogen-bond donors (Lipinski definition) is 2. The molecule has 1 fully saturated rings. The van der Waals surface area contributed by atoms with E-state index in [0.29, 0.717) is 18.3 Å². The number of halogens is 1. The molecule has 1 amide bonds. The molecule has 1 aromatic rings. The Bertz CT molecular complexity index is 478. The first-order chi connectivity index (χ1) is 9.61. The molecule has 110 valence electrons. The molecule has 1 heterocycles. The lowest BCUT2D eigenvalue weighted by molar-refractivity contribution is 0.0910. The zero-order chi connectivity index (χ0) is 14.5. The predicted octanol–water partition coefficient (Wildman–Crippen LogP) is 2.96. The van der Waals surface area contributed by atoms with E-state index in [1.165, 1.54) is 12.5 Å². The quantitative estimate of drug-likeness (QED) is 0.891. The Morgan fingerprint density at radius 1 is 1.45 bits per heavy atom. The molecule has 4 nitrogen and oxygen atoms in total. The first-order valence-corrected chi connectivity index (χ1v) is 7.32. The number of nitrogens with zero attached hydrogens (tertiary/aromatic N) is 1. The van der Waals surface area contributed by atoms with Crippen LogP contribution in [-0.4, -0.2) is 23.5 Å². The smallest absolute Gasteiger partial charge is 0.255 e. The topological polar surface area (TPSA) is 54.0 Å². The van der Waals surface area contributed by atoms with E-state index in [0.717, 1.165) is 25.5 Å². The lowest BCUT2D eigenvalue weighted by Gasteiger charge is -2.29. The molecule has 1 aliphatic rings. The predicted molar refractivity (Wildman–Crippen MR) is 77.2 cm³/mol. The van der Waals surface area contributed by atoms with Crippen LogP contribution in [0, 0.1) is 11.7 Å². The molecule has 0 saturated heterocycles. The summed E-state index contributed by atoms with van der Waals surface area (Å²) in [4.78, 5) is 16.3. The summed E-state index contributed by atoms with van der Waals surface area (Å²) in [6.45, 7) is 4.70. The van der Waals surface area contributed by atoms with Gasteiger partial charge in [0.15, 0.2) is 0 Å². The van der Waals surface area contributed by atoms with Gasteiger partial charge in [-0.15, -0.1) is 0 Å². The van der Waals surface area contributed by atoms with E-state index in [1.54, 1.807) is 0 Å². The van der Waals surface area contributed by atoms with Gasteiger partial charge in [0.1, 0.15) is 11.6 Å². The molecule has 2 atom stereocenters. The van der Waals surface area contributed by atoms with E-state index in [4.69, 9.17) is 0 Å². The number of carbonyl (C=O) groups is 1. The van der Waals surface area contributed by atoms with Crippen molar-refractivity contribution < 1.29 is 9.18 Å². The molecule has 20 heavy (non-hydrogen) atoms. The summed E-state index contributed by atoms with van der Waals surface area (Å²) in [7, 11) is 0. The Labute approximate surface area is 119 Å². The molecule has 0 radical (unpaired) electrons. The van der Waals surface area contributed by atoms with Crippen molar-refractivity contribution in [3.8, 4) is 0 Å². The Morgan fingerprint density at radius 2 is 2.20 bits per heavy atom. The van der Waals surface area contributed by atoms with Gasteiger partial charge in [0.25, 0.3) is 5.91 Å². The number of anilines is 1. The summed E-state index contributed by atoms with van der Waals surface area (Å²) in [6, 6.07) is 1.42. The average molecular weight is 279 g/mol. The van der Waals surface area contributed by atoms with Crippen molar-refractivity contribution in [2.45, 2.75) is 45.6 Å². The average Bonchev–Trinajstić information content (AvgIpc) is 2.43. The molecule has 0 bridgehead atoms. The maximum atomic E-state index is 13.3. The SMILES string of the molecule is CCNc1ncc(F)cc1C(=O)NC1CCCCC1C. The summed E-state index contributed by atoms with van der Waals surface area (Å²) in [5.41, 5.74) is 0.282. The molecule has 1 aromatic heterocycles. The summed E-state index contributed by atoms with van der Waals surface area (Å²) in [5.74, 6) is 0.173. The van der Waals surface area contributed by atoms with Crippen LogP contribution in [0.15, 0.2) is 12.3 Å². The maximum absolute atomic E-state index is 13.3. The Kier molecular flexibility index (Phi) is 4.93. The standard InChI is InChI=1S/C15H22FN3O/c1-3-17-14-12(8-11(16)9-18-14)15(20)19-13-7-5-4-6-10(13)2/h8-10,13H,3-7H2,1-2H3,(H,17,18)(H,19,20). The first-order valence-electron chi connectivity index (χ1n) is 7.32. The highest BCUT2D eigenvalue weighted by molar-refractivity contribution is 5.98. The van der Waals surface area contributed by atoms with Gasteiger partial charge < -0.3 is 10.6 Å². The normalized spacial score (nSPS) is 22.4. The molecule has 2 N–H and O–H groups in total. The summed E-state index contributed by atoms with van der Waals surface area (Å²) >= 11 is 0. The largest absolute Gasteiger partial charge is 0.370 e. The van der Waals surface area contributed by atoms with Crippen molar-refractivity contribution in [1.29, 1.82) is 0 Å². The van der Waals surface area contributed by atoms with Crippen molar-refractivity contribution in [2.24, 2.45) is 5.92 Å². The van der Waals surface area contributed by atoms with Gasteiger partial charge in [-0.1, -0.05) is 19.8 Å². The molecule has 1 saturated carbocycles. The number of hydrogen-bond acceptors (Lipinski definition) is 3. The van der Waals surface area contributed by atoms with Crippen LogP contribution >= 0.6 is 0 Å². The molecule has 0 aliphatic heterocycles. The summed E-state index contributed by atoms with van der Waals surface area (Å²) < 4.78 is 13.3. The van der Waals surface area contributed by atoms with E-state index in [1.807, 2.05) is 6.92 Å². The highest BCUT2D eigenvalue weighted by Crippen LogP contribution is 2.24. The van der Waals surface area contributed by atoms with Gasteiger partial charge in [-0.25, -0.2) is 9.37 Å². The number of aromatic nitrogens is 1. The molecule has 5 heteroatoms. The van der Waals surface area contributed by atoms with Crippen molar-refractivity contribution in [2.75, 3.05) is 11.9 Å². The van der Waals surface area contributed by atoms with Crippen LogP contribution in [0.3, 0.4) is 0 Å². The van der Waals surface area contributed by atoms with Crippen molar-refractivity contribution in [3.63, 3.8) is 0 Å². The van der Waals surface area contributed by atoms with Crippen LogP contribution in [0.2, 0.25) is 0 Å². The van der Waals surface area contributed by atoms with Crippen molar-refractivity contribution in [1.82, 2.24) is 10.3 Å². The Balaban J connectivity index is 2.13. The highest BCUT2D eigenvalue weighted by Gasteiger charge is 2.24. The third-order valence-corrected chi connectivity index (χ3v) is 3.87. The number of amides is 1. The number of pyridine rings is 1. The van der Waals surface area contributed by atoms with Gasteiger partial charge in [-0.2, -0.15) is 0 Å². The fourth-order valence-corrected chi connectivity index (χ4v) is 2.70. The second-order valence-corrected chi connectivity index (χ2v) is 5.42. The molecule has 0 spiro atoms. The van der Waals surface area contributed by atoms with Crippen LogP contribution in [-0.2, 0) is 0 Å². The van der Waals surface area contributed by atoms with Gasteiger partial charge in [0.2, 0.25) is 0 Å². The van der Waals surface area contributed by atoms with Gasteiger partial charge in [-0.05, 0) is 31.7 Å². The number of carbonyl (C=O) groups excluding carboxylic acids is 1. The Morgan fingerprint density at radius 3 is 2.90 bits per heavy atom. The summed E-state index contributed by atoms with van der Waals surface area (Å²) in [6.07, 6.45) is 5.60. The highest BCUT2D eigenvalue weighted by atomic mass is 19.1. The van der Waals surface area contributed by atoms with E-state index in [-0.39, 0.29) is 17.5 Å². The number of rotatable bonds is 4. The third-order valence-electron chi connectivity index (χ3n) is 3.87. The Hall–Kier alpha value is -1.65. The van der Waals surface area contributed by atoms with Gasteiger partial charge >= 0.3 is 0 Å². The molecule has 1 aliphatic carbocycles. The second-order valence-electron chi connectivity index (χ2n) is 5.42. The monoisotopic (exact) mass is 279 g/mol. The lowest BCUT2D eigenvalue weighted by Crippen LogP contribution is -2.41. The number of nitrogens with one attached hydrogen (secondary N) is 2. The lowest BCUT2D eigenvalue weighted by atomic mass is 9.86. The van der Waals surface area contributed by atoms with E-state index >= 15 is 0 Å². The molecule has 2 rings (SSSR count). The third kappa shape index (κ3) is 3.46. The second kappa shape index (κ2) is 6.68. The van der Waals surface area contributed by atoms with Crippen LogP contribution in [0.25, 0.3) is 0 Å².